The van der Waals surface area contributed by atoms with Crippen LogP contribution >= 0.6 is 0 Å². The number of benzene rings is 3. The summed E-state index contributed by atoms with van der Waals surface area (Å²) in [6.45, 7) is 6.37. The summed E-state index contributed by atoms with van der Waals surface area (Å²) < 4.78 is 40.4. The molecule has 292 valence electrons. The molecule has 5 rings (SSSR count). The van der Waals surface area contributed by atoms with E-state index in [1.54, 1.807) is 35.5 Å². The number of nitrogens with zero attached hydrogens (tertiary/aromatic N) is 2. The lowest BCUT2D eigenvalue weighted by molar-refractivity contribution is -0.941. The smallest absolute Gasteiger partial charge is 0.331 e. The average Bonchev–Trinajstić information content (AvgIpc) is 3.66. The van der Waals surface area contributed by atoms with E-state index in [2.05, 4.69) is 37.4 Å². The van der Waals surface area contributed by atoms with Gasteiger partial charge in [0.05, 0.1) is 88.5 Å². The number of quaternary nitrogens is 2. The predicted molar refractivity (Wildman–Crippen MR) is 206 cm³/mol. The molecule has 1 saturated heterocycles. The summed E-state index contributed by atoms with van der Waals surface area (Å²) >= 11 is 0. The van der Waals surface area contributed by atoms with Crippen molar-refractivity contribution in [3.63, 3.8) is 0 Å². The van der Waals surface area contributed by atoms with Gasteiger partial charge in [0.25, 0.3) is 0 Å². The highest BCUT2D eigenvalue weighted by Crippen LogP contribution is 2.43. The molecule has 0 aromatic heterocycles. The second-order valence-electron chi connectivity index (χ2n) is 14.6. The minimum atomic E-state index is -0.557. The van der Waals surface area contributed by atoms with Crippen LogP contribution in [0.2, 0.25) is 0 Å². The highest BCUT2D eigenvalue weighted by molar-refractivity contribution is 5.91. The molecule has 0 bridgehead atoms. The topological polar surface area (TPSA) is 98.8 Å². The van der Waals surface area contributed by atoms with Gasteiger partial charge in [-0.3, -0.25) is 0 Å². The monoisotopic (exact) mass is 746 g/mol. The van der Waals surface area contributed by atoms with Crippen LogP contribution in [0.4, 0.5) is 0 Å². The normalized spacial score (nSPS) is 18.8. The third kappa shape index (κ3) is 10.3. The first-order valence-electron chi connectivity index (χ1n) is 18.9. The largest absolute Gasteiger partial charge is 0.497 e. The zero-order valence-electron chi connectivity index (χ0n) is 32.9. The van der Waals surface area contributed by atoms with Crippen LogP contribution in [0.25, 0.3) is 0 Å². The fraction of sp³-hybridized carbons (Fsp3) is 0.488. The molecule has 0 aliphatic carbocycles. The molecule has 2 atom stereocenters. The average molecular weight is 747 g/mol. The van der Waals surface area contributed by atoms with Crippen LogP contribution in [0, 0.1) is 0 Å². The Hall–Kier alpha value is -4.74. The highest BCUT2D eigenvalue weighted by Gasteiger charge is 2.40. The molecule has 2 aliphatic heterocycles. The van der Waals surface area contributed by atoms with Gasteiger partial charge in [0.15, 0.2) is 23.0 Å². The third-order valence-electron chi connectivity index (χ3n) is 11.2. The molecular formula is C43H58N2O9+2. The van der Waals surface area contributed by atoms with Gasteiger partial charge in [0.2, 0.25) is 0 Å². The van der Waals surface area contributed by atoms with Gasteiger partial charge < -0.3 is 42.1 Å². The lowest BCUT2D eigenvalue weighted by Crippen LogP contribution is -2.52. The summed E-state index contributed by atoms with van der Waals surface area (Å²) in [4.78, 5) is 25.0. The zero-order chi connectivity index (χ0) is 38.6. The number of carbonyl (C=O) groups is 2. The number of hydrogen-bond donors (Lipinski definition) is 0. The number of likely N-dealkylation sites (N-methyl/N-ethyl adjacent to an activating group) is 1. The van der Waals surface area contributed by atoms with Gasteiger partial charge in [0, 0.05) is 61.8 Å². The number of esters is 2. The Kier molecular flexibility index (Phi) is 14.3. The van der Waals surface area contributed by atoms with Crippen LogP contribution in [-0.2, 0) is 38.4 Å². The number of ether oxygens (including phenoxy) is 7. The maximum Gasteiger partial charge on any atom is 0.331 e. The van der Waals surface area contributed by atoms with E-state index in [0.29, 0.717) is 30.3 Å². The standard InChI is InChI=1S/C43H58N2O9/c1-44(24-19-34-29-40(51-5)41(52-6)30-36(34)37(44)27-33-13-16-38(49-3)39(28-33)50-4)20-9-25-53-42(46)17-18-43(47)54-26-10-23-45(21-7-8-22-45)31-32-11-14-35(48-2)15-12-32/h11-18,28-30,37H,7-10,19-27,31H2,1-6H3/q+2. The van der Waals surface area contributed by atoms with Crippen molar-refractivity contribution in [1.29, 1.82) is 0 Å². The van der Waals surface area contributed by atoms with Gasteiger partial charge in [-0.15, -0.1) is 0 Å². The first-order valence-corrected chi connectivity index (χ1v) is 18.9. The maximum atomic E-state index is 12.6. The third-order valence-corrected chi connectivity index (χ3v) is 11.2. The van der Waals surface area contributed by atoms with Crippen LogP contribution in [0.5, 0.6) is 28.7 Å². The molecule has 0 N–H and O–H groups in total. The molecular weight excluding hydrogens is 688 g/mol. The summed E-state index contributed by atoms with van der Waals surface area (Å²) in [5.41, 5.74) is 4.86. The zero-order valence-corrected chi connectivity index (χ0v) is 32.9. The van der Waals surface area contributed by atoms with E-state index in [1.165, 1.54) is 29.5 Å². The van der Waals surface area contributed by atoms with Crippen molar-refractivity contribution in [1.82, 2.24) is 0 Å². The van der Waals surface area contributed by atoms with E-state index in [1.807, 2.05) is 24.3 Å². The molecule has 11 heteroatoms. The molecule has 11 nitrogen and oxygen atoms in total. The van der Waals surface area contributed by atoms with Crippen molar-refractivity contribution in [2.24, 2.45) is 0 Å². The van der Waals surface area contributed by atoms with Crippen molar-refractivity contribution in [3.05, 3.63) is 89.0 Å². The van der Waals surface area contributed by atoms with Gasteiger partial charge >= 0.3 is 11.9 Å². The fourth-order valence-corrected chi connectivity index (χ4v) is 8.15. The molecule has 2 heterocycles. The van der Waals surface area contributed by atoms with Gasteiger partial charge in [0.1, 0.15) is 18.3 Å². The van der Waals surface area contributed by atoms with E-state index < -0.39 is 11.9 Å². The summed E-state index contributed by atoms with van der Waals surface area (Å²) in [6, 6.07) is 18.6. The van der Waals surface area contributed by atoms with E-state index in [9.17, 15) is 9.59 Å². The van der Waals surface area contributed by atoms with Crippen molar-refractivity contribution < 1.29 is 51.7 Å². The quantitative estimate of drug-likeness (QED) is 0.0611. The van der Waals surface area contributed by atoms with Crippen LogP contribution in [0.1, 0.15) is 54.0 Å². The SMILES string of the molecule is COc1ccc(C[N+]2(CCCOC(=O)C=CC(=O)OCCC[N+]3(C)CCc4cc(OC)c(OC)cc4C3Cc3ccc(OC)c(OC)c3)CCCC2)cc1. The number of methoxy groups -OCH3 is 5. The van der Waals surface area contributed by atoms with E-state index in [-0.39, 0.29) is 12.6 Å². The molecule has 3 aromatic rings. The minimum Gasteiger partial charge on any atom is -0.497 e. The number of likely N-dealkylation sites (tertiary alicyclic amines) is 1. The Balaban J connectivity index is 1.12. The Morgan fingerprint density at radius 2 is 1.24 bits per heavy atom. The van der Waals surface area contributed by atoms with Crippen LogP contribution in [-0.4, -0.2) is 109 Å². The molecule has 54 heavy (non-hydrogen) atoms. The Bertz CT molecular complexity index is 1740. The van der Waals surface area contributed by atoms with Crippen LogP contribution < -0.4 is 23.7 Å². The lowest BCUT2D eigenvalue weighted by atomic mass is 9.86. The summed E-state index contributed by atoms with van der Waals surface area (Å²) in [7, 11) is 10.5. The number of hydrogen-bond acceptors (Lipinski definition) is 9. The van der Waals surface area contributed by atoms with Gasteiger partial charge in [-0.25, -0.2) is 9.59 Å². The number of carbonyl (C=O) groups excluding carboxylic acids is 2. The van der Waals surface area contributed by atoms with Crippen LogP contribution in [0.3, 0.4) is 0 Å². The number of fused-ring (bicyclic) bond motifs is 1. The summed E-state index contributed by atoms with van der Waals surface area (Å²) in [6.07, 6.45) is 7.78. The fourth-order valence-electron chi connectivity index (χ4n) is 8.15. The molecule has 0 radical (unpaired) electrons. The van der Waals surface area contributed by atoms with E-state index in [0.717, 1.165) is 96.7 Å². The Morgan fingerprint density at radius 3 is 1.85 bits per heavy atom. The van der Waals surface area contributed by atoms with Gasteiger partial charge in [-0.1, -0.05) is 6.07 Å². The van der Waals surface area contributed by atoms with Crippen LogP contribution in [0.15, 0.2) is 66.7 Å². The first kappa shape index (κ1) is 40.4. The highest BCUT2D eigenvalue weighted by atomic mass is 16.5. The molecule has 1 fully saturated rings. The number of rotatable bonds is 19. The van der Waals surface area contributed by atoms with Crippen molar-refractivity contribution in [2.75, 3.05) is 88.5 Å². The van der Waals surface area contributed by atoms with E-state index >= 15 is 0 Å². The second kappa shape index (κ2) is 19.0. The molecule has 2 unspecified atom stereocenters. The lowest BCUT2D eigenvalue weighted by Gasteiger charge is -2.46. The van der Waals surface area contributed by atoms with Crippen molar-refractivity contribution in [3.8, 4) is 28.7 Å². The predicted octanol–water partition coefficient (Wildman–Crippen LogP) is 6.25. The second-order valence-corrected chi connectivity index (χ2v) is 14.6. The molecule has 0 saturated carbocycles. The summed E-state index contributed by atoms with van der Waals surface area (Å²) in [5, 5.41) is 0. The molecule has 3 aromatic carbocycles. The molecule has 0 spiro atoms. The Labute approximate surface area is 320 Å². The maximum absolute atomic E-state index is 12.6. The summed E-state index contributed by atoms with van der Waals surface area (Å²) in [5.74, 6) is 2.56. The van der Waals surface area contributed by atoms with Gasteiger partial charge in [-0.05, 0) is 59.7 Å². The van der Waals surface area contributed by atoms with Crippen molar-refractivity contribution in [2.45, 2.75) is 51.1 Å². The molecule has 2 aliphatic rings. The van der Waals surface area contributed by atoms with Crippen molar-refractivity contribution >= 4 is 11.9 Å². The molecule has 0 amide bonds. The minimum absolute atomic E-state index is 0.0989. The first-order chi connectivity index (χ1) is 26.1. The Morgan fingerprint density at radius 1 is 0.667 bits per heavy atom. The van der Waals surface area contributed by atoms with E-state index in [4.69, 9.17) is 33.2 Å². The van der Waals surface area contributed by atoms with Gasteiger partial charge in [-0.2, -0.15) is 0 Å².